The molecule has 0 aliphatic heterocycles. The van der Waals surface area contributed by atoms with Crippen LogP contribution in [0, 0.1) is 0 Å². The maximum atomic E-state index is 5.90. The molecule has 2 N–H and O–H groups in total. The number of benzene rings is 1. The molecule has 1 atom stereocenters. The molecule has 18 heavy (non-hydrogen) atoms. The van der Waals surface area contributed by atoms with Crippen molar-refractivity contribution >= 4 is 5.57 Å². The molecule has 0 fully saturated rings. The van der Waals surface area contributed by atoms with Crippen LogP contribution in [0.4, 0.5) is 0 Å². The van der Waals surface area contributed by atoms with Crippen molar-refractivity contribution in [2.45, 2.75) is 32.7 Å². The molecule has 1 aliphatic rings. The molecule has 3 nitrogen and oxygen atoms in total. The summed E-state index contributed by atoms with van der Waals surface area (Å²) in [4.78, 5) is 0. The normalized spacial score (nSPS) is 18.6. The molecule has 0 radical (unpaired) electrons. The Morgan fingerprint density at radius 2 is 1.89 bits per heavy atom. The van der Waals surface area contributed by atoms with Gasteiger partial charge in [0.25, 0.3) is 0 Å². The minimum Gasteiger partial charge on any atom is -0.490 e. The van der Waals surface area contributed by atoms with Gasteiger partial charge in [0.1, 0.15) is 0 Å². The summed E-state index contributed by atoms with van der Waals surface area (Å²) >= 11 is 0. The van der Waals surface area contributed by atoms with Gasteiger partial charge in [-0.25, -0.2) is 0 Å². The summed E-state index contributed by atoms with van der Waals surface area (Å²) < 4.78 is 11.2. The third-order valence-corrected chi connectivity index (χ3v) is 3.08. The summed E-state index contributed by atoms with van der Waals surface area (Å²) in [6.07, 6.45) is 4.22. The molecule has 1 aliphatic carbocycles. The van der Waals surface area contributed by atoms with E-state index in [1.54, 1.807) is 0 Å². The molecule has 0 heterocycles. The van der Waals surface area contributed by atoms with Crippen LogP contribution < -0.4 is 15.2 Å². The summed E-state index contributed by atoms with van der Waals surface area (Å²) in [5.74, 6) is 1.63. The Kier molecular flexibility index (Phi) is 4.26. The Morgan fingerprint density at radius 1 is 1.17 bits per heavy atom. The van der Waals surface area contributed by atoms with Gasteiger partial charge in [0.05, 0.1) is 13.2 Å². The van der Waals surface area contributed by atoms with E-state index in [4.69, 9.17) is 15.2 Å². The van der Waals surface area contributed by atoms with Gasteiger partial charge in [-0.05, 0) is 50.0 Å². The summed E-state index contributed by atoms with van der Waals surface area (Å²) in [5, 5.41) is 0. The van der Waals surface area contributed by atoms with Crippen LogP contribution in [0.5, 0.6) is 11.5 Å². The van der Waals surface area contributed by atoms with Gasteiger partial charge in [0.2, 0.25) is 0 Å². The summed E-state index contributed by atoms with van der Waals surface area (Å²) in [5.41, 5.74) is 8.41. The monoisotopic (exact) mass is 247 g/mol. The van der Waals surface area contributed by atoms with E-state index in [1.807, 2.05) is 19.9 Å². The zero-order valence-electron chi connectivity index (χ0n) is 11.1. The Bertz CT molecular complexity index is 440. The van der Waals surface area contributed by atoms with Crippen molar-refractivity contribution in [1.82, 2.24) is 0 Å². The van der Waals surface area contributed by atoms with Gasteiger partial charge in [0, 0.05) is 6.04 Å². The van der Waals surface area contributed by atoms with Crippen molar-refractivity contribution in [3.05, 3.63) is 29.8 Å². The average Bonchev–Trinajstić information content (AvgIpc) is 2.79. The fourth-order valence-corrected chi connectivity index (χ4v) is 2.24. The van der Waals surface area contributed by atoms with E-state index in [2.05, 4.69) is 18.2 Å². The first-order valence-corrected chi connectivity index (χ1v) is 6.60. The highest BCUT2D eigenvalue weighted by molar-refractivity contribution is 5.70. The Hall–Kier alpha value is -1.48. The van der Waals surface area contributed by atoms with Crippen LogP contribution in [-0.2, 0) is 0 Å². The fourth-order valence-electron chi connectivity index (χ4n) is 2.24. The summed E-state index contributed by atoms with van der Waals surface area (Å²) in [6.45, 7) is 5.24. The Balaban J connectivity index is 2.27. The molecular formula is C15H21NO2. The summed E-state index contributed by atoms with van der Waals surface area (Å²) in [6, 6.07) is 6.31. The highest BCUT2D eigenvalue weighted by Crippen LogP contribution is 2.34. The van der Waals surface area contributed by atoms with Crippen molar-refractivity contribution in [3.8, 4) is 11.5 Å². The van der Waals surface area contributed by atoms with E-state index in [0.717, 1.165) is 24.3 Å². The van der Waals surface area contributed by atoms with Gasteiger partial charge in [-0.15, -0.1) is 0 Å². The van der Waals surface area contributed by atoms with E-state index < -0.39 is 0 Å². The van der Waals surface area contributed by atoms with Gasteiger partial charge in [-0.2, -0.15) is 0 Å². The number of allylic oxidation sites excluding steroid dienone is 1. The number of hydrogen-bond acceptors (Lipinski definition) is 3. The van der Waals surface area contributed by atoms with Crippen molar-refractivity contribution in [3.63, 3.8) is 0 Å². The molecule has 1 aromatic carbocycles. The molecule has 0 saturated carbocycles. The molecule has 2 rings (SSSR count). The first-order chi connectivity index (χ1) is 8.74. The zero-order valence-corrected chi connectivity index (χ0v) is 11.1. The molecule has 1 unspecified atom stereocenters. The van der Waals surface area contributed by atoms with E-state index in [9.17, 15) is 0 Å². The lowest BCUT2D eigenvalue weighted by Gasteiger charge is -2.12. The largest absolute Gasteiger partial charge is 0.490 e. The second kappa shape index (κ2) is 5.91. The Morgan fingerprint density at radius 3 is 2.50 bits per heavy atom. The lowest BCUT2D eigenvalue weighted by molar-refractivity contribution is 0.287. The van der Waals surface area contributed by atoms with Crippen LogP contribution in [0.2, 0.25) is 0 Å². The van der Waals surface area contributed by atoms with Crippen molar-refractivity contribution in [2.24, 2.45) is 5.73 Å². The number of rotatable bonds is 5. The SMILES string of the molecule is CCOc1ccc(C2=CC(N)CC2)cc1OCC. The zero-order chi connectivity index (χ0) is 13.0. The van der Waals surface area contributed by atoms with Crippen LogP contribution in [0.1, 0.15) is 32.3 Å². The van der Waals surface area contributed by atoms with Crippen LogP contribution in [0.3, 0.4) is 0 Å². The van der Waals surface area contributed by atoms with Gasteiger partial charge < -0.3 is 15.2 Å². The molecule has 0 spiro atoms. The molecular weight excluding hydrogens is 226 g/mol. The van der Waals surface area contributed by atoms with Crippen LogP contribution in [0.25, 0.3) is 5.57 Å². The predicted octanol–water partition coefficient (Wildman–Crippen LogP) is 2.99. The molecule has 0 amide bonds. The predicted molar refractivity (Wildman–Crippen MR) is 74.0 cm³/mol. The van der Waals surface area contributed by atoms with Crippen LogP contribution in [0.15, 0.2) is 24.3 Å². The topological polar surface area (TPSA) is 44.5 Å². The van der Waals surface area contributed by atoms with E-state index in [0.29, 0.717) is 13.2 Å². The van der Waals surface area contributed by atoms with Crippen LogP contribution in [-0.4, -0.2) is 19.3 Å². The fraction of sp³-hybridized carbons (Fsp3) is 0.467. The minimum atomic E-state index is 0.196. The van der Waals surface area contributed by atoms with Gasteiger partial charge in [-0.3, -0.25) is 0 Å². The molecule has 0 bridgehead atoms. The minimum absolute atomic E-state index is 0.196. The number of hydrogen-bond donors (Lipinski definition) is 1. The van der Waals surface area contributed by atoms with Gasteiger partial charge in [0.15, 0.2) is 11.5 Å². The first-order valence-electron chi connectivity index (χ1n) is 6.60. The van der Waals surface area contributed by atoms with Crippen LogP contribution >= 0.6 is 0 Å². The standard InChI is InChI=1S/C15H21NO2/c1-3-17-14-8-6-12(10-15(14)18-4-2)11-5-7-13(16)9-11/h6,8-10,13H,3-5,7,16H2,1-2H3. The average molecular weight is 247 g/mol. The first kappa shape index (κ1) is 13.0. The van der Waals surface area contributed by atoms with E-state index in [-0.39, 0.29) is 6.04 Å². The molecule has 1 aromatic rings. The highest BCUT2D eigenvalue weighted by Gasteiger charge is 2.15. The summed E-state index contributed by atoms with van der Waals surface area (Å²) in [7, 11) is 0. The molecule has 98 valence electrons. The van der Waals surface area contributed by atoms with Gasteiger partial charge >= 0.3 is 0 Å². The molecule has 0 aromatic heterocycles. The Labute approximate surface area is 109 Å². The highest BCUT2D eigenvalue weighted by atomic mass is 16.5. The van der Waals surface area contributed by atoms with E-state index in [1.165, 1.54) is 11.1 Å². The van der Waals surface area contributed by atoms with Crippen molar-refractivity contribution in [2.75, 3.05) is 13.2 Å². The smallest absolute Gasteiger partial charge is 0.161 e. The number of ether oxygens (including phenoxy) is 2. The van der Waals surface area contributed by atoms with Crippen molar-refractivity contribution < 1.29 is 9.47 Å². The third-order valence-electron chi connectivity index (χ3n) is 3.08. The second-order valence-corrected chi connectivity index (χ2v) is 4.42. The quantitative estimate of drug-likeness (QED) is 0.870. The second-order valence-electron chi connectivity index (χ2n) is 4.42. The van der Waals surface area contributed by atoms with Crippen molar-refractivity contribution in [1.29, 1.82) is 0 Å². The molecule has 3 heteroatoms. The maximum Gasteiger partial charge on any atom is 0.161 e. The lowest BCUT2D eigenvalue weighted by Crippen LogP contribution is -2.11. The molecule has 0 saturated heterocycles. The van der Waals surface area contributed by atoms with Gasteiger partial charge in [-0.1, -0.05) is 12.1 Å². The maximum absolute atomic E-state index is 5.90. The van der Waals surface area contributed by atoms with E-state index >= 15 is 0 Å². The number of nitrogens with two attached hydrogens (primary N) is 1. The third kappa shape index (κ3) is 2.85. The lowest BCUT2D eigenvalue weighted by atomic mass is 10.1.